The number of ether oxygens (including phenoxy) is 2. The highest BCUT2D eigenvalue weighted by molar-refractivity contribution is 5.79. The Kier molecular flexibility index (Phi) is 9.42. The summed E-state index contributed by atoms with van der Waals surface area (Å²) in [6.07, 6.45) is 3.52. The van der Waals surface area contributed by atoms with E-state index in [1.807, 2.05) is 6.07 Å². The standard InChI is InChI=1S/C21H36N4O2/c1-5-22-21(24-12-13-25(14-15-26-3)19-7-8-19)23-11-10-18-16-17(2)6-9-20(18)27-4/h6,9,16,19H,5,7-8,10-15H2,1-4H3,(H2,22,23,24). The van der Waals surface area contributed by atoms with E-state index in [-0.39, 0.29) is 0 Å². The van der Waals surface area contributed by atoms with Crippen LogP contribution < -0.4 is 15.4 Å². The Morgan fingerprint density at radius 1 is 1.22 bits per heavy atom. The molecular weight excluding hydrogens is 340 g/mol. The Labute approximate surface area is 164 Å². The van der Waals surface area contributed by atoms with E-state index < -0.39 is 0 Å². The molecule has 6 heteroatoms. The second kappa shape index (κ2) is 11.8. The zero-order valence-electron chi connectivity index (χ0n) is 17.4. The molecule has 0 aromatic heterocycles. The summed E-state index contributed by atoms with van der Waals surface area (Å²) in [7, 11) is 3.49. The van der Waals surface area contributed by atoms with Gasteiger partial charge in [-0.25, -0.2) is 0 Å². The summed E-state index contributed by atoms with van der Waals surface area (Å²) < 4.78 is 10.7. The molecule has 1 aliphatic rings. The fourth-order valence-corrected chi connectivity index (χ4v) is 3.18. The molecule has 1 aromatic carbocycles. The molecule has 1 saturated carbocycles. The third-order valence-corrected chi connectivity index (χ3v) is 4.77. The van der Waals surface area contributed by atoms with Gasteiger partial charge in [-0.05, 0) is 44.7 Å². The molecule has 0 radical (unpaired) electrons. The van der Waals surface area contributed by atoms with Gasteiger partial charge in [0.2, 0.25) is 0 Å². The van der Waals surface area contributed by atoms with E-state index in [0.717, 1.165) is 63.5 Å². The van der Waals surface area contributed by atoms with Crippen molar-refractivity contribution in [2.45, 2.75) is 39.2 Å². The molecule has 0 aliphatic heterocycles. The van der Waals surface area contributed by atoms with Gasteiger partial charge in [-0.15, -0.1) is 0 Å². The Balaban J connectivity index is 1.81. The highest BCUT2D eigenvalue weighted by atomic mass is 16.5. The first-order valence-corrected chi connectivity index (χ1v) is 10.1. The minimum absolute atomic E-state index is 0.736. The second-order valence-corrected chi connectivity index (χ2v) is 7.01. The molecule has 2 N–H and O–H groups in total. The van der Waals surface area contributed by atoms with Crippen molar-refractivity contribution in [3.05, 3.63) is 29.3 Å². The Bertz CT molecular complexity index is 588. The fourth-order valence-electron chi connectivity index (χ4n) is 3.18. The van der Waals surface area contributed by atoms with Crippen LogP contribution in [0.15, 0.2) is 23.2 Å². The molecular formula is C21H36N4O2. The van der Waals surface area contributed by atoms with Crippen LogP contribution in [-0.2, 0) is 11.2 Å². The van der Waals surface area contributed by atoms with Crippen molar-refractivity contribution in [3.8, 4) is 5.75 Å². The number of hydrogen-bond acceptors (Lipinski definition) is 4. The first-order valence-electron chi connectivity index (χ1n) is 10.1. The molecule has 2 rings (SSSR count). The number of benzene rings is 1. The Hall–Kier alpha value is -1.79. The van der Waals surface area contributed by atoms with Crippen LogP contribution in [0, 0.1) is 6.92 Å². The summed E-state index contributed by atoms with van der Waals surface area (Å²) in [5, 5.41) is 6.78. The number of nitrogens with zero attached hydrogens (tertiary/aromatic N) is 2. The number of rotatable bonds is 12. The molecule has 0 amide bonds. The van der Waals surface area contributed by atoms with Crippen LogP contribution in [-0.4, -0.2) is 70.5 Å². The minimum Gasteiger partial charge on any atom is -0.496 e. The van der Waals surface area contributed by atoms with Gasteiger partial charge in [0, 0.05) is 39.3 Å². The minimum atomic E-state index is 0.736. The number of aliphatic imine (C=N–C) groups is 1. The van der Waals surface area contributed by atoms with Crippen molar-refractivity contribution in [3.63, 3.8) is 0 Å². The van der Waals surface area contributed by atoms with E-state index in [1.54, 1.807) is 14.2 Å². The molecule has 0 spiro atoms. The third kappa shape index (κ3) is 7.77. The molecule has 0 unspecified atom stereocenters. The monoisotopic (exact) mass is 376 g/mol. The summed E-state index contributed by atoms with van der Waals surface area (Å²) in [6, 6.07) is 7.04. The van der Waals surface area contributed by atoms with E-state index in [1.165, 1.54) is 24.0 Å². The third-order valence-electron chi connectivity index (χ3n) is 4.77. The largest absolute Gasteiger partial charge is 0.496 e. The molecule has 1 fully saturated rings. The molecule has 6 nitrogen and oxygen atoms in total. The van der Waals surface area contributed by atoms with Gasteiger partial charge in [0.15, 0.2) is 5.96 Å². The lowest BCUT2D eigenvalue weighted by atomic mass is 10.1. The quantitative estimate of drug-likeness (QED) is 0.433. The number of hydrogen-bond donors (Lipinski definition) is 2. The summed E-state index contributed by atoms with van der Waals surface area (Å²) in [6.45, 7) is 9.44. The summed E-state index contributed by atoms with van der Waals surface area (Å²) in [4.78, 5) is 7.24. The number of methoxy groups -OCH3 is 2. The van der Waals surface area contributed by atoms with Crippen LogP contribution in [0.2, 0.25) is 0 Å². The Morgan fingerprint density at radius 3 is 2.70 bits per heavy atom. The smallest absolute Gasteiger partial charge is 0.191 e. The van der Waals surface area contributed by atoms with Crippen LogP contribution >= 0.6 is 0 Å². The van der Waals surface area contributed by atoms with E-state index in [9.17, 15) is 0 Å². The molecule has 0 heterocycles. The first-order chi connectivity index (χ1) is 13.2. The van der Waals surface area contributed by atoms with E-state index >= 15 is 0 Å². The summed E-state index contributed by atoms with van der Waals surface area (Å²) >= 11 is 0. The van der Waals surface area contributed by atoms with Gasteiger partial charge in [0.1, 0.15) is 5.75 Å². The normalized spacial score (nSPS) is 14.5. The van der Waals surface area contributed by atoms with Gasteiger partial charge < -0.3 is 20.1 Å². The zero-order chi connectivity index (χ0) is 19.5. The van der Waals surface area contributed by atoms with Crippen LogP contribution in [0.25, 0.3) is 0 Å². The predicted molar refractivity (Wildman–Crippen MR) is 112 cm³/mol. The number of nitrogens with one attached hydrogen (secondary N) is 2. The number of guanidine groups is 1. The van der Waals surface area contributed by atoms with Gasteiger partial charge in [-0.3, -0.25) is 9.89 Å². The van der Waals surface area contributed by atoms with Crippen molar-refractivity contribution < 1.29 is 9.47 Å². The zero-order valence-corrected chi connectivity index (χ0v) is 17.4. The lowest BCUT2D eigenvalue weighted by Crippen LogP contribution is -2.39. The van der Waals surface area contributed by atoms with Crippen LogP contribution in [0.4, 0.5) is 0 Å². The van der Waals surface area contributed by atoms with Gasteiger partial charge >= 0.3 is 0 Å². The maximum atomic E-state index is 5.47. The maximum Gasteiger partial charge on any atom is 0.191 e. The van der Waals surface area contributed by atoms with E-state index in [2.05, 4.69) is 41.5 Å². The average molecular weight is 377 g/mol. The van der Waals surface area contributed by atoms with Crippen LogP contribution in [0.5, 0.6) is 5.75 Å². The van der Waals surface area contributed by atoms with Gasteiger partial charge in [-0.1, -0.05) is 17.7 Å². The highest BCUT2D eigenvalue weighted by Crippen LogP contribution is 2.26. The highest BCUT2D eigenvalue weighted by Gasteiger charge is 2.28. The molecule has 0 atom stereocenters. The molecule has 1 aliphatic carbocycles. The number of aryl methyl sites for hydroxylation is 1. The molecule has 0 saturated heterocycles. The SMILES string of the molecule is CCNC(=NCCN(CCOC)C1CC1)NCCc1cc(C)ccc1OC. The van der Waals surface area contributed by atoms with E-state index in [0.29, 0.717) is 0 Å². The topological polar surface area (TPSA) is 58.1 Å². The lowest BCUT2D eigenvalue weighted by Gasteiger charge is -2.20. The van der Waals surface area contributed by atoms with Crippen molar-refractivity contribution in [1.29, 1.82) is 0 Å². The maximum absolute atomic E-state index is 5.47. The molecule has 152 valence electrons. The van der Waals surface area contributed by atoms with Crippen LogP contribution in [0.3, 0.4) is 0 Å². The van der Waals surface area contributed by atoms with Gasteiger partial charge in [0.05, 0.1) is 20.3 Å². The summed E-state index contributed by atoms with van der Waals surface area (Å²) in [5.74, 6) is 1.83. The first kappa shape index (κ1) is 21.5. The predicted octanol–water partition coefficient (Wildman–Crippen LogP) is 2.21. The summed E-state index contributed by atoms with van der Waals surface area (Å²) in [5.41, 5.74) is 2.47. The molecule has 1 aromatic rings. The average Bonchev–Trinajstić information content (AvgIpc) is 3.50. The lowest BCUT2D eigenvalue weighted by molar-refractivity contribution is 0.145. The fraction of sp³-hybridized carbons (Fsp3) is 0.667. The van der Waals surface area contributed by atoms with Crippen LogP contribution in [0.1, 0.15) is 30.9 Å². The van der Waals surface area contributed by atoms with Crippen molar-refractivity contribution in [2.24, 2.45) is 4.99 Å². The van der Waals surface area contributed by atoms with Gasteiger partial charge in [-0.2, -0.15) is 0 Å². The van der Waals surface area contributed by atoms with E-state index in [4.69, 9.17) is 14.5 Å². The van der Waals surface area contributed by atoms with Crippen molar-refractivity contribution in [2.75, 3.05) is 53.6 Å². The molecule has 0 bridgehead atoms. The molecule has 27 heavy (non-hydrogen) atoms. The van der Waals surface area contributed by atoms with Crippen molar-refractivity contribution >= 4 is 5.96 Å². The second-order valence-electron chi connectivity index (χ2n) is 7.01. The van der Waals surface area contributed by atoms with Gasteiger partial charge in [0.25, 0.3) is 0 Å². The Morgan fingerprint density at radius 2 is 2.04 bits per heavy atom. The van der Waals surface area contributed by atoms with Crippen molar-refractivity contribution in [1.82, 2.24) is 15.5 Å².